The summed E-state index contributed by atoms with van der Waals surface area (Å²) in [6, 6.07) is 5.21. The normalized spacial score (nSPS) is 11.8. The van der Waals surface area contributed by atoms with Crippen LogP contribution in [0, 0.1) is 0 Å². The molecule has 0 radical (unpaired) electrons. The van der Waals surface area contributed by atoms with Crippen LogP contribution in [0.3, 0.4) is 0 Å². The van der Waals surface area contributed by atoms with Gasteiger partial charge < -0.3 is 14.6 Å². The lowest BCUT2D eigenvalue weighted by Gasteiger charge is -2.08. The molecule has 0 unspecified atom stereocenters. The van der Waals surface area contributed by atoms with Crippen LogP contribution in [0.1, 0.15) is 18.4 Å². The smallest absolute Gasteiger partial charge is 0.341 e. The Labute approximate surface area is 133 Å². The second-order valence-electron chi connectivity index (χ2n) is 4.14. The number of rotatable bonds is 8. The van der Waals surface area contributed by atoms with Crippen LogP contribution in [0.25, 0.3) is 6.08 Å². The lowest BCUT2D eigenvalue weighted by atomic mass is 10.2. The first-order valence-corrected chi connectivity index (χ1v) is 11.3. The van der Waals surface area contributed by atoms with E-state index >= 15 is 0 Å². The van der Waals surface area contributed by atoms with Crippen LogP contribution in [0.2, 0.25) is 6.04 Å². The molecule has 0 heterocycles. The number of hydrogen-bond acceptors (Lipinski definition) is 3. The Morgan fingerprint density at radius 2 is 1.85 bits per heavy atom. The first-order chi connectivity index (χ1) is 9.37. The van der Waals surface area contributed by atoms with Crippen molar-refractivity contribution >= 4 is 51.3 Å². The van der Waals surface area contributed by atoms with E-state index in [9.17, 15) is 9.90 Å². The van der Waals surface area contributed by atoms with Gasteiger partial charge in [-0.3, -0.25) is 0 Å². The molecular weight excluding hydrogens is 339 g/mol. The minimum atomic E-state index is -2.51. The monoisotopic (exact) mass is 351 g/mol. The molecule has 0 saturated heterocycles. The van der Waals surface area contributed by atoms with E-state index in [0.717, 1.165) is 30.2 Å². The maximum atomic E-state index is 10.3. The summed E-state index contributed by atoms with van der Waals surface area (Å²) in [7, 11) is 0. The summed E-state index contributed by atoms with van der Waals surface area (Å²) in [5.41, 5.74) is 0.767. The van der Waals surface area contributed by atoms with E-state index in [1.165, 1.54) is 6.08 Å². The van der Waals surface area contributed by atoms with Crippen LogP contribution in [0.4, 0.5) is 0 Å². The van der Waals surface area contributed by atoms with Gasteiger partial charge in [0.15, 0.2) is 0 Å². The zero-order chi connectivity index (χ0) is 15.0. The zero-order valence-corrected chi connectivity index (χ0v) is 13.9. The van der Waals surface area contributed by atoms with Gasteiger partial charge in [-0.1, -0.05) is 18.2 Å². The molecule has 1 aromatic rings. The van der Waals surface area contributed by atoms with Gasteiger partial charge >= 0.3 is 6.00 Å². The molecular formula is C13H14Cl3O3Si-. The van der Waals surface area contributed by atoms with Crippen LogP contribution < -0.4 is 9.84 Å². The molecule has 0 N–H and O–H groups in total. The molecule has 110 valence electrons. The lowest BCUT2D eigenvalue weighted by molar-refractivity contribution is -0.297. The third-order valence-corrected chi connectivity index (χ3v) is 5.04. The van der Waals surface area contributed by atoms with Crippen LogP contribution in [0.15, 0.2) is 30.3 Å². The van der Waals surface area contributed by atoms with Gasteiger partial charge in [-0.2, -0.15) is 0 Å². The molecule has 0 fully saturated rings. The van der Waals surface area contributed by atoms with Crippen molar-refractivity contribution < 1.29 is 14.6 Å². The molecule has 1 rings (SSSR count). The predicted octanol–water partition coefficient (Wildman–Crippen LogP) is 3.26. The molecule has 0 amide bonds. The third-order valence-electron chi connectivity index (χ3n) is 2.42. The molecule has 0 aromatic heterocycles. The average Bonchev–Trinajstić information content (AvgIpc) is 2.36. The van der Waals surface area contributed by atoms with Crippen molar-refractivity contribution in [2.45, 2.75) is 18.9 Å². The largest absolute Gasteiger partial charge is 0.545 e. The third kappa shape index (κ3) is 8.48. The van der Waals surface area contributed by atoms with Gasteiger partial charge in [-0.25, -0.2) is 0 Å². The highest BCUT2D eigenvalue weighted by Gasteiger charge is 2.23. The maximum absolute atomic E-state index is 10.3. The fourth-order valence-electron chi connectivity index (χ4n) is 1.46. The van der Waals surface area contributed by atoms with Crippen LogP contribution in [-0.4, -0.2) is 18.6 Å². The summed E-state index contributed by atoms with van der Waals surface area (Å²) in [6.45, 7) is 0.559. The predicted molar refractivity (Wildman–Crippen MR) is 83.3 cm³/mol. The summed E-state index contributed by atoms with van der Waals surface area (Å²) in [5, 5.41) is 10.3. The highest BCUT2D eigenvalue weighted by atomic mass is 35.8. The highest BCUT2D eigenvalue weighted by Crippen LogP contribution is 2.27. The molecule has 0 atom stereocenters. The number of aliphatic carboxylic acids is 1. The average molecular weight is 353 g/mol. The summed E-state index contributed by atoms with van der Waals surface area (Å²) in [6.07, 6.45) is 4.10. The van der Waals surface area contributed by atoms with Crippen molar-refractivity contribution in [3.05, 3.63) is 35.9 Å². The number of hydrogen-bond donors (Lipinski definition) is 0. The van der Waals surface area contributed by atoms with E-state index < -0.39 is 12.0 Å². The molecule has 0 aliphatic rings. The molecule has 3 nitrogen and oxygen atoms in total. The Morgan fingerprint density at radius 1 is 1.20 bits per heavy atom. The molecule has 0 aliphatic carbocycles. The van der Waals surface area contributed by atoms with Gasteiger partial charge in [-0.05, 0) is 42.7 Å². The SMILES string of the molecule is O=C([O-])/C=C/c1ccc(OCCCC[Si](Cl)(Cl)Cl)cc1. The van der Waals surface area contributed by atoms with Crippen molar-refractivity contribution in [3.8, 4) is 5.75 Å². The molecule has 0 bridgehead atoms. The van der Waals surface area contributed by atoms with Crippen molar-refractivity contribution in [3.63, 3.8) is 0 Å². The minimum Gasteiger partial charge on any atom is -0.545 e. The Balaban J connectivity index is 2.30. The number of carboxylic acids is 1. The summed E-state index contributed by atoms with van der Waals surface area (Å²) in [5.74, 6) is -0.496. The fraction of sp³-hybridized carbons (Fsp3) is 0.308. The van der Waals surface area contributed by atoms with Gasteiger partial charge in [0.05, 0.1) is 12.6 Å². The fourth-order valence-corrected chi connectivity index (χ4v) is 3.31. The number of ether oxygens (including phenoxy) is 1. The number of benzene rings is 1. The van der Waals surface area contributed by atoms with Crippen molar-refractivity contribution in [2.75, 3.05) is 6.61 Å². The van der Waals surface area contributed by atoms with E-state index in [1.807, 2.05) is 0 Å². The summed E-state index contributed by atoms with van der Waals surface area (Å²) in [4.78, 5) is 10.3. The summed E-state index contributed by atoms with van der Waals surface area (Å²) >= 11 is 17.3. The van der Waals surface area contributed by atoms with Crippen LogP contribution >= 0.6 is 33.2 Å². The molecule has 1 aromatic carbocycles. The van der Waals surface area contributed by atoms with E-state index in [-0.39, 0.29) is 0 Å². The van der Waals surface area contributed by atoms with Gasteiger partial charge in [-0.15, -0.1) is 33.2 Å². The lowest BCUT2D eigenvalue weighted by Crippen LogP contribution is -2.18. The number of carbonyl (C=O) groups excluding carboxylic acids is 1. The van der Waals surface area contributed by atoms with Crippen molar-refractivity contribution in [1.82, 2.24) is 0 Å². The van der Waals surface area contributed by atoms with Crippen LogP contribution in [0.5, 0.6) is 5.75 Å². The molecule has 7 heteroatoms. The minimum absolute atomic E-state index is 0.559. The molecule has 0 aliphatic heterocycles. The van der Waals surface area contributed by atoms with Gasteiger partial charge in [0.25, 0.3) is 0 Å². The van der Waals surface area contributed by atoms with Crippen molar-refractivity contribution in [1.29, 1.82) is 0 Å². The maximum Gasteiger partial charge on any atom is 0.341 e. The first-order valence-electron chi connectivity index (χ1n) is 6.05. The topological polar surface area (TPSA) is 49.4 Å². The Kier molecular flexibility index (Phi) is 7.44. The zero-order valence-electron chi connectivity index (χ0n) is 10.7. The number of unbranched alkanes of at least 4 members (excludes halogenated alkanes) is 1. The second kappa shape index (κ2) is 8.57. The van der Waals surface area contributed by atoms with Gasteiger partial charge in [0.1, 0.15) is 5.75 Å². The van der Waals surface area contributed by atoms with E-state index in [4.69, 9.17) is 38.0 Å². The second-order valence-corrected chi connectivity index (χ2v) is 13.4. The Hall–Kier alpha value is -0.683. The standard InChI is InChI=1S/C13H15Cl3O3Si/c14-20(15,16)10-2-1-9-19-12-6-3-11(4-7-12)5-8-13(17)18/h3-8H,1-2,9-10H2,(H,17,18)/p-1/b8-5+. The molecule has 20 heavy (non-hydrogen) atoms. The van der Waals surface area contributed by atoms with Gasteiger partial charge in [0.2, 0.25) is 0 Å². The quantitative estimate of drug-likeness (QED) is 0.312. The van der Waals surface area contributed by atoms with Crippen molar-refractivity contribution in [2.24, 2.45) is 0 Å². The van der Waals surface area contributed by atoms with E-state index in [0.29, 0.717) is 12.7 Å². The van der Waals surface area contributed by atoms with Crippen LogP contribution in [-0.2, 0) is 4.79 Å². The van der Waals surface area contributed by atoms with E-state index in [1.54, 1.807) is 24.3 Å². The highest BCUT2D eigenvalue weighted by molar-refractivity contribution is 7.64. The number of carboxylic acid groups (broad SMARTS) is 1. The Morgan fingerprint density at radius 3 is 2.40 bits per heavy atom. The number of carbonyl (C=O) groups is 1. The number of halogens is 3. The molecule has 0 spiro atoms. The van der Waals surface area contributed by atoms with Gasteiger partial charge in [0, 0.05) is 0 Å². The van der Waals surface area contributed by atoms with E-state index in [2.05, 4.69) is 0 Å². The Bertz CT molecular complexity index is 455. The molecule has 0 saturated carbocycles. The first kappa shape index (κ1) is 17.4. The summed E-state index contributed by atoms with van der Waals surface area (Å²) < 4.78 is 5.53.